The smallest absolute Gasteiger partial charge is 0.316 e. The van der Waals surface area contributed by atoms with E-state index in [2.05, 4.69) is 0 Å². The van der Waals surface area contributed by atoms with Crippen LogP contribution in [-0.2, 0) is 0 Å². The average molecular weight is 227 g/mol. The Balaban J connectivity index is -0.0000000383. The molecule has 7 nitrogen and oxygen atoms in total. The van der Waals surface area contributed by atoms with E-state index in [1.54, 1.807) is 0 Å². The molecular formula is CH10CaMgO7Si. The molecule has 0 amide bonds. The minimum atomic E-state index is -4.61. The molecule has 0 aliphatic heterocycles. The number of carboxylic acid groups (broad SMARTS) is 2. The zero-order chi connectivity index (χ0) is 8.08. The number of carbonyl (C=O) groups is 1. The molecule has 0 aliphatic rings. The van der Waals surface area contributed by atoms with Crippen LogP contribution in [0.3, 0.4) is 0 Å². The van der Waals surface area contributed by atoms with Crippen LogP contribution in [0.1, 0.15) is 0 Å². The molecule has 0 atom stereocenters. The third-order valence-electron chi connectivity index (χ3n) is 0. The van der Waals surface area contributed by atoms with Gasteiger partial charge in [-0.2, -0.15) is 0 Å². The summed E-state index contributed by atoms with van der Waals surface area (Å²) in [6.07, 6.45) is -1.83. The molecule has 0 radical (unpaired) electrons. The van der Waals surface area contributed by atoms with Gasteiger partial charge in [0, 0.05) is 0 Å². The Hall–Kier alpha value is 1.35. The Labute approximate surface area is 109 Å². The normalized spacial score (nSPS) is 7.64. The fraction of sp³-hybridized carbons (Fsp3) is 0. The van der Waals surface area contributed by atoms with Crippen molar-refractivity contribution in [2.45, 2.75) is 0 Å². The summed E-state index contributed by atoms with van der Waals surface area (Å²) in [5, 5.41) is 13.9. The van der Waals surface area contributed by atoms with Crippen LogP contribution in [0.15, 0.2) is 0 Å². The molecule has 64 valence electrons. The van der Waals surface area contributed by atoms with Crippen LogP contribution in [-0.4, -0.2) is 105 Å². The Kier molecular flexibility index (Phi) is 23.6. The topological polar surface area (TPSA) is 138 Å². The first-order valence-electron chi connectivity index (χ1n) is 1.55. The van der Waals surface area contributed by atoms with Crippen molar-refractivity contribution in [1.29, 1.82) is 0 Å². The Morgan fingerprint density at radius 2 is 1.00 bits per heavy atom. The largest absolute Gasteiger partial charge is 0.316 e. The first-order chi connectivity index (χ1) is 3.73. The van der Waals surface area contributed by atoms with E-state index in [1.807, 2.05) is 0 Å². The van der Waals surface area contributed by atoms with Crippen molar-refractivity contribution in [3.05, 3.63) is 0 Å². The monoisotopic (exact) mass is 226 g/mol. The Morgan fingerprint density at radius 3 is 1.00 bits per heavy atom. The van der Waals surface area contributed by atoms with Crippen LogP contribution in [0.5, 0.6) is 0 Å². The molecule has 0 saturated carbocycles. The number of hydrogen-bond donors (Lipinski definition) is 6. The van der Waals surface area contributed by atoms with Gasteiger partial charge in [0.25, 0.3) is 0 Å². The van der Waals surface area contributed by atoms with E-state index < -0.39 is 15.2 Å². The molecule has 0 fully saturated rings. The van der Waals surface area contributed by atoms with Crippen molar-refractivity contribution in [2.24, 2.45) is 0 Å². The molecule has 0 aromatic rings. The maximum atomic E-state index is 8.56. The maximum absolute atomic E-state index is 8.56. The summed E-state index contributed by atoms with van der Waals surface area (Å²) in [7, 11) is -4.61. The molecule has 0 unspecified atom stereocenters. The first-order valence-corrected chi connectivity index (χ1v) is 3.33. The van der Waals surface area contributed by atoms with E-state index in [4.69, 9.17) is 34.2 Å². The van der Waals surface area contributed by atoms with E-state index in [0.717, 1.165) is 0 Å². The van der Waals surface area contributed by atoms with Gasteiger partial charge < -0.3 is 29.4 Å². The predicted molar refractivity (Wildman–Crippen MR) is 42.4 cm³/mol. The second kappa shape index (κ2) is 11.4. The second-order valence-electron chi connectivity index (χ2n) is 0.883. The van der Waals surface area contributed by atoms with Crippen LogP contribution in [0.4, 0.5) is 4.79 Å². The van der Waals surface area contributed by atoms with Crippen LogP contribution in [0.2, 0.25) is 0 Å². The summed E-state index contributed by atoms with van der Waals surface area (Å²) in [4.78, 5) is 37.9. The van der Waals surface area contributed by atoms with Gasteiger partial charge in [-0.1, -0.05) is 0 Å². The Bertz CT molecular complexity index is 80.9. The molecule has 11 heavy (non-hydrogen) atoms. The molecule has 10 heteroatoms. The molecule has 0 aromatic heterocycles. The number of hydrogen-bond acceptors (Lipinski definition) is 5. The van der Waals surface area contributed by atoms with Gasteiger partial charge in [-0.05, 0) is 0 Å². The minimum Gasteiger partial charge on any atom is 0.316 e. The van der Waals surface area contributed by atoms with Gasteiger partial charge in [0.15, 0.2) is 0 Å². The van der Waals surface area contributed by atoms with Crippen molar-refractivity contribution in [3.8, 4) is 0 Å². The van der Waals surface area contributed by atoms with Gasteiger partial charge >= 0.3 is 76.0 Å². The van der Waals surface area contributed by atoms with E-state index >= 15 is 0 Å². The van der Waals surface area contributed by atoms with Crippen LogP contribution in [0, 0.1) is 0 Å². The summed E-state index contributed by atoms with van der Waals surface area (Å²) in [5.74, 6) is 0. The molecule has 0 spiro atoms. The van der Waals surface area contributed by atoms with Gasteiger partial charge in [-0.3, -0.25) is 0 Å². The average Bonchev–Trinajstić information content (AvgIpc) is 1.19. The quantitative estimate of drug-likeness (QED) is 0.230. The van der Waals surface area contributed by atoms with Crippen molar-refractivity contribution in [2.75, 3.05) is 0 Å². The summed E-state index contributed by atoms with van der Waals surface area (Å²) in [6.45, 7) is 0. The predicted octanol–water partition coefficient (Wildman–Crippen LogP) is -4.22. The Morgan fingerprint density at radius 1 is 1.00 bits per heavy atom. The molecule has 0 saturated heterocycles. The number of rotatable bonds is 0. The van der Waals surface area contributed by atoms with Gasteiger partial charge in [0.2, 0.25) is 0 Å². The zero-order valence-corrected chi connectivity index (χ0v) is 5.09. The molecule has 0 heterocycles. The molecule has 0 bridgehead atoms. The van der Waals surface area contributed by atoms with E-state index in [0.29, 0.717) is 0 Å². The summed E-state index contributed by atoms with van der Waals surface area (Å²) in [6, 6.07) is 0. The van der Waals surface area contributed by atoms with E-state index in [9.17, 15) is 0 Å². The standard InChI is InChI=1S/CH2O3.Ca.Mg.H4O4Si.4H/c2-1(3)4;;;1-5(2,3)4;;;;/h(H2,2,3,4);;;1-4H;;;;. The van der Waals surface area contributed by atoms with Gasteiger partial charge in [-0.25, -0.2) is 4.79 Å². The maximum Gasteiger partial charge on any atom is 0.316 e. The van der Waals surface area contributed by atoms with Crippen LogP contribution >= 0.6 is 0 Å². The third-order valence-corrected chi connectivity index (χ3v) is 0. The van der Waals surface area contributed by atoms with Crippen LogP contribution in [0.25, 0.3) is 0 Å². The summed E-state index contributed by atoms with van der Waals surface area (Å²) < 4.78 is 0. The molecule has 0 rings (SSSR count). The summed E-state index contributed by atoms with van der Waals surface area (Å²) in [5.41, 5.74) is 0. The van der Waals surface area contributed by atoms with Crippen molar-refractivity contribution in [3.63, 3.8) is 0 Å². The fourth-order valence-electron chi connectivity index (χ4n) is 0. The zero-order valence-electron chi connectivity index (χ0n) is 4.09. The second-order valence-corrected chi connectivity index (χ2v) is 2.08. The van der Waals surface area contributed by atoms with Crippen molar-refractivity contribution >= 4 is 76.0 Å². The molecule has 0 aliphatic carbocycles. The fourth-order valence-corrected chi connectivity index (χ4v) is 0. The van der Waals surface area contributed by atoms with Crippen molar-refractivity contribution in [1.82, 2.24) is 0 Å². The van der Waals surface area contributed by atoms with Crippen molar-refractivity contribution < 1.29 is 34.2 Å². The van der Waals surface area contributed by atoms with Gasteiger partial charge in [0.1, 0.15) is 0 Å². The van der Waals surface area contributed by atoms with Gasteiger partial charge in [0.05, 0.1) is 0 Å². The SMILES string of the molecule is O=C(O)O.O[Si](O)(O)O.[CaH2].[MgH2]. The summed E-state index contributed by atoms with van der Waals surface area (Å²) >= 11 is 0. The van der Waals surface area contributed by atoms with Crippen LogP contribution < -0.4 is 0 Å². The molecule has 0 aromatic carbocycles. The molecule has 6 N–H and O–H groups in total. The first kappa shape index (κ1) is 22.8. The molecular weight excluding hydrogens is 216 g/mol. The van der Waals surface area contributed by atoms with Gasteiger partial charge in [-0.15, -0.1) is 0 Å². The third kappa shape index (κ3) is 543. The minimum absolute atomic E-state index is 0. The van der Waals surface area contributed by atoms with E-state index in [-0.39, 0.29) is 60.8 Å². The van der Waals surface area contributed by atoms with E-state index in [1.165, 1.54) is 0 Å².